The van der Waals surface area contributed by atoms with E-state index < -0.39 is 0 Å². The van der Waals surface area contributed by atoms with Crippen LogP contribution in [0.5, 0.6) is 0 Å². The van der Waals surface area contributed by atoms with E-state index in [4.69, 9.17) is 16.1 Å². The summed E-state index contributed by atoms with van der Waals surface area (Å²) in [6, 6.07) is 13.6. The lowest BCUT2D eigenvalue weighted by molar-refractivity contribution is 0.440. The smallest absolute Gasteiger partial charge is 0.175 e. The molecule has 2 nitrogen and oxygen atoms in total. The summed E-state index contributed by atoms with van der Waals surface area (Å²) >= 11 is 6.01. The summed E-state index contributed by atoms with van der Waals surface area (Å²) in [5, 5.41) is 5.68. The molecule has 0 amide bonds. The van der Waals surface area contributed by atoms with E-state index in [1.807, 2.05) is 49.4 Å². The monoisotopic (exact) mass is 243 g/mol. The van der Waals surface area contributed by atoms with Gasteiger partial charge < -0.3 is 4.52 Å². The second kappa shape index (κ2) is 3.90. The lowest BCUT2D eigenvalue weighted by Gasteiger charge is -2.01. The largest absolute Gasteiger partial charge is 0.355 e. The van der Waals surface area contributed by atoms with Gasteiger partial charge in [0, 0.05) is 10.6 Å². The van der Waals surface area contributed by atoms with E-state index >= 15 is 0 Å². The zero-order chi connectivity index (χ0) is 11.8. The predicted molar refractivity (Wildman–Crippen MR) is 69.2 cm³/mol. The Morgan fingerprint density at radius 1 is 1.12 bits per heavy atom. The Labute approximate surface area is 104 Å². The molecule has 0 spiro atoms. The molecule has 0 atom stereocenters. The molecule has 0 aliphatic rings. The number of halogens is 1. The highest BCUT2D eigenvalue weighted by atomic mass is 35.5. The van der Waals surface area contributed by atoms with E-state index in [0.29, 0.717) is 5.02 Å². The summed E-state index contributed by atoms with van der Waals surface area (Å²) < 4.78 is 5.43. The van der Waals surface area contributed by atoms with Crippen LogP contribution in [0.25, 0.3) is 22.2 Å². The van der Waals surface area contributed by atoms with E-state index in [1.165, 1.54) is 0 Å². The lowest BCUT2D eigenvalue weighted by atomic mass is 10.0. The summed E-state index contributed by atoms with van der Waals surface area (Å²) in [6.45, 7) is 2.05. The van der Waals surface area contributed by atoms with Gasteiger partial charge in [0.25, 0.3) is 0 Å². The Bertz CT molecular complexity index is 688. The minimum absolute atomic E-state index is 0.690. The molecule has 84 valence electrons. The Kier molecular flexibility index (Phi) is 2.37. The standard InChI is InChI=1S/C14H10ClNO/c1-9-4-2-3-5-11(9)14-12-8-10(15)6-7-13(12)16-17-14/h2-8H,1H3. The third kappa shape index (κ3) is 1.71. The van der Waals surface area contributed by atoms with Crippen molar-refractivity contribution in [1.82, 2.24) is 5.16 Å². The molecule has 0 N–H and O–H groups in total. The van der Waals surface area contributed by atoms with Crippen molar-refractivity contribution in [3.63, 3.8) is 0 Å². The van der Waals surface area contributed by atoms with Gasteiger partial charge in [-0.3, -0.25) is 0 Å². The van der Waals surface area contributed by atoms with Crippen molar-refractivity contribution in [2.75, 3.05) is 0 Å². The van der Waals surface area contributed by atoms with Crippen LogP contribution < -0.4 is 0 Å². The number of benzene rings is 2. The van der Waals surface area contributed by atoms with Crippen LogP contribution in [-0.2, 0) is 0 Å². The Morgan fingerprint density at radius 2 is 1.94 bits per heavy atom. The number of nitrogens with zero attached hydrogens (tertiary/aromatic N) is 1. The van der Waals surface area contributed by atoms with Gasteiger partial charge in [-0.1, -0.05) is 41.0 Å². The number of aromatic nitrogens is 1. The molecular formula is C14H10ClNO. The number of hydrogen-bond acceptors (Lipinski definition) is 2. The van der Waals surface area contributed by atoms with Gasteiger partial charge in [-0.05, 0) is 30.7 Å². The van der Waals surface area contributed by atoms with Gasteiger partial charge >= 0.3 is 0 Å². The number of fused-ring (bicyclic) bond motifs is 1. The molecule has 0 aliphatic heterocycles. The number of rotatable bonds is 1. The normalized spacial score (nSPS) is 10.9. The third-order valence-corrected chi connectivity index (χ3v) is 3.06. The summed E-state index contributed by atoms with van der Waals surface area (Å²) in [6.07, 6.45) is 0. The zero-order valence-corrected chi connectivity index (χ0v) is 10.0. The van der Waals surface area contributed by atoms with Crippen molar-refractivity contribution in [2.24, 2.45) is 0 Å². The maximum Gasteiger partial charge on any atom is 0.175 e. The first-order valence-corrected chi connectivity index (χ1v) is 5.74. The molecule has 0 bridgehead atoms. The molecule has 0 aliphatic carbocycles. The third-order valence-electron chi connectivity index (χ3n) is 2.83. The highest BCUT2D eigenvalue weighted by Crippen LogP contribution is 2.32. The van der Waals surface area contributed by atoms with Crippen molar-refractivity contribution < 1.29 is 4.52 Å². The van der Waals surface area contributed by atoms with Crippen LogP contribution in [0.4, 0.5) is 0 Å². The minimum Gasteiger partial charge on any atom is -0.355 e. The van der Waals surface area contributed by atoms with Crippen LogP contribution in [0.15, 0.2) is 47.0 Å². The maximum atomic E-state index is 6.01. The average Bonchev–Trinajstić information content (AvgIpc) is 2.72. The van der Waals surface area contributed by atoms with E-state index in [9.17, 15) is 0 Å². The van der Waals surface area contributed by atoms with Crippen LogP contribution in [0.2, 0.25) is 5.02 Å². The fourth-order valence-corrected chi connectivity index (χ4v) is 2.11. The highest BCUT2D eigenvalue weighted by molar-refractivity contribution is 6.31. The van der Waals surface area contributed by atoms with E-state index in [0.717, 1.165) is 27.8 Å². The van der Waals surface area contributed by atoms with Gasteiger partial charge in [-0.2, -0.15) is 0 Å². The van der Waals surface area contributed by atoms with E-state index in [1.54, 1.807) is 0 Å². The lowest BCUT2D eigenvalue weighted by Crippen LogP contribution is -1.80. The molecule has 0 unspecified atom stereocenters. The molecule has 0 saturated carbocycles. The Balaban J connectivity index is 2.31. The molecule has 0 saturated heterocycles. The van der Waals surface area contributed by atoms with Crippen LogP contribution >= 0.6 is 11.6 Å². The van der Waals surface area contributed by atoms with Crippen LogP contribution in [0.3, 0.4) is 0 Å². The molecule has 1 heterocycles. The summed E-state index contributed by atoms with van der Waals surface area (Å²) in [5.74, 6) is 0.778. The highest BCUT2D eigenvalue weighted by Gasteiger charge is 2.12. The van der Waals surface area contributed by atoms with Crippen molar-refractivity contribution in [2.45, 2.75) is 6.92 Å². The molecule has 2 aromatic carbocycles. The molecule has 0 fully saturated rings. The molecule has 3 aromatic rings. The number of hydrogen-bond donors (Lipinski definition) is 0. The number of aryl methyl sites for hydroxylation is 1. The molecule has 3 rings (SSSR count). The Morgan fingerprint density at radius 3 is 2.76 bits per heavy atom. The second-order valence-electron chi connectivity index (χ2n) is 3.99. The quantitative estimate of drug-likeness (QED) is 0.631. The summed E-state index contributed by atoms with van der Waals surface area (Å²) in [5.41, 5.74) is 3.04. The van der Waals surface area contributed by atoms with Crippen molar-refractivity contribution >= 4 is 22.5 Å². The van der Waals surface area contributed by atoms with Crippen LogP contribution in [0, 0.1) is 6.92 Å². The molecule has 3 heteroatoms. The van der Waals surface area contributed by atoms with Crippen molar-refractivity contribution in [1.29, 1.82) is 0 Å². The van der Waals surface area contributed by atoms with Crippen LogP contribution in [-0.4, -0.2) is 5.16 Å². The van der Waals surface area contributed by atoms with E-state index in [2.05, 4.69) is 5.16 Å². The van der Waals surface area contributed by atoms with Crippen molar-refractivity contribution in [3.8, 4) is 11.3 Å². The first-order valence-electron chi connectivity index (χ1n) is 5.36. The van der Waals surface area contributed by atoms with Crippen LogP contribution in [0.1, 0.15) is 5.56 Å². The maximum absolute atomic E-state index is 6.01. The van der Waals surface area contributed by atoms with Gasteiger partial charge in [0.15, 0.2) is 5.76 Å². The molecule has 0 radical (unpaired) electrons. The minimum atomic E-state index is 0.690. The zero-order valence-electron chi connectivity index (χ0n) is 9.27. The van der Waals surface area contributed by atoms with Crippen molar-refractivity contribution in [3.05, 3.63) is 53.1 Å². The first kappa shape index (κ1) is 10.4. The van der Waals surface area contributed by atoms with Gasteiger partial charge in [0.1, 0.15) is 5.52 Å². The van der Waals surface area contributed by atoms with Gasteiger partial charge in [0.05, 0.1) is 5.39 Å². The summed E-state index contributed by atoms with van der Waals surface area (Å²) in [4.78, 5) is 0. The average molecular weight is 244 g/mol. The fourth-order valence-electron chi connectivity index (χ4n) is 1.94. The van der Waals surface area contributed by atoms with Gasteiger partial charge in [0.2, 0.25) is 0 Å². The SMILES string of the molecule is Cc1ccccc1-c1onc2ccc(Cl)cc12. The Hall–Kier alpha value is -1.80. The summed E-state index contributed by atoms with van der Waals surface area (Å²) in [7, 11) is 0. The molecule has 17 heavy (non-hydrogen) atoms. The first-order chi connectivity index (χ1) is 8.25. The second-order valence-corrected chi connectivity index (χ2v) is 4.42. The topological polar surface area (TPSA) is 26.0 Å². The molecule has 1 aromatic heterocycles. The van der Waals surface area contributed by atoms with E-state index in [-0.39, 0.29) is 0 Å². The predicted octanol–water partition coefficient (Wildman–Crippen LogP) is 4.46. The van der Waals surface area contributed by atoms with Gasteiger partial charge in [-0.25, -0.2) is 0 Å². The molecular weight excluding hydrogens is 234 g/mol. The fraction of sp³-hybridized carbons (Fsp3) is 0.0714. The van der Waals surface area contributed by atoms with Gasteiger partial charge in [-0.15, -0.1) is 0 Å².